The van der Waals surface area contributed by atoms with Crippen LogP contribution in [0.3, 0.4) is 0 Å². The van der Waals surface area contributed by atoms with Gasteiger partial charge in [0, 0.05) is 25.6 Å². The number of ether oxygens (including phenoxy) is 2. The summed E-state index contributed by atoms with van der Waals surface area (Å²) in [5.41, 5.74) is 2.83. The Labute approximate surface area is 159 Å². The molecule has 1 aliphatic heterocycles. The minimum absolute atomic E-state index is 0.1000. The third kappa shape index (κ3) is 4.22. The first-order valence-electron chi connectivity index (χ1n) is 8.87. The maximum absolute atomic E-state index is 12.5. The molecule has 2 aromatic carbocycles. The molecule has 1 heterocycles. The Morgan fingerprint density at radius 3 is 2.56 bits per heavy atom. The molecule has 1 aliphatic rings. The Morgan fingerprint density at radius 2 is 1.89 bits per heavy atom. The van der Waals surface area contributed by atoms with Gasteiger partial charge in [0.2, 0.25) is 11.8 Å². The molecule has 0 spiro atoms. The summed E-state index contributed by atoms with van der Waals surface area (Å²) < 4.78 is 10.6. The first-order valence-corrected chi connectivity index (χ1v) is 8.87. The van der Waals surface area contributed by atoms with Gasteiger partial charge in [-0.05, 0) is 24.6 Å². The van der Waals surface area contributed by atoms with Crippen molar-refractivity contribution < 1.29 is 19.1 Å². The van der Waals surface area contributed by atoms with Crippen LogP contribution in [0.2, 0.25) is 0 Å². The highest BCUT2D eigenvalue weighted by molar-refractivity contribution is 6.01. The van der Waals surface area contributed by atoms with Crippen molar-refractivity contribution in [2.75, 3.05) is 25.7 Å². The fraction of sp³-hybridized carbons (Fsp3) is 0.333. The van der Waals surface area contributed by atoms with E-state index in [1.807, 2.05) is 31.2 Å². The van der Waals surface area contributed by atoms with Gasteiger partial charge in [-0.2, -0.15) is 0 Å². The van der Waals surface area contributed by atoms with Gasteiger partial charge in [0.05, 0.1) is 25.8 Å². The topological polar surface area (TPSA) is 67.9 Å². The summed E-state index contributed by atoms with van der Waals surface area (Å²) in [5, 5.41) is 2.93. The standard InChI is InChI=1S/C21H24N2O4/c1-14-4-6-15(7-5-14)12-22-21(25)16-10-20(24)23(13-16)18-11-17(26-2)8-9-19(18)27-3/h4-9,11,16H,10,12-13H2,1-3H3,(H,22,25). The Hall–Kier alpha value is -3.02. The second-order valence-electron chi connectivity index (χ2n) is 6.65. The van der Waals surface area contributed by atoms with Crippen LogP contribution in [0, 0.1) is 12.8 Å². The number of carbonyl (C=O) groups excluding carboxylic acids is 2. The number of methoxy groups -OCH3 is 2. The zero-order valence-electron chi connectivity index (χ0n) is 15.8. The summed E-state index contributed by atoms with van der Waals surface area (Å²) in [5.74, 6) is 0.597. The minimum Gasteiger partial charge on any atom is -0.497 e. The number of aryl methyl sites for hydroxylation is 1. The highest BCUT2D eigenvalue weighted by atomic mass is 16.5. The van der Waals surface area contributed by atoms with E-state index in [1.165, 1.54) is 5.56 Å². The lowest BCUT2D eigenvalue weighted by atomic mass is 10.1. The molecule has 1 unspecified atom stereocenters. The third-order valence-electron chi connectivity index (χ3n) is 4.76. The monoisotopic (exact) mass is 368 g/mol. The molecule has 27 heavy (non-hydrogen) atoms. The van der Waals surface area contributed by atoms with Crippen molar-refractivity contribution in [2.24, 2.45) is 5.92 Å². The summed E-state index contributed by atoms with van der Waals surface area (Å²) in [7, 11) is 3.12. The predicted molar refractivity (Wildman–Crippen MR) is 103 cm³/mol. The second kappa shape index (κ2) is 8.12. The van der Waals surface area contributed by atoms with Crippen LogP contribution in [0.5, 0.6) is 11.5 Å². The number of amides is 2. The van der Waals surface area contributed by atoms with Crippen molar-refractivity contribution in [1.82, 2.24) is 5.32 Å². The van der Waals surface area contributed by atoms with E-state index in [4.69, 9.17) is 9.47 Å². The summed E-state index contributed by atoms with van der Waals surface area (Å²) in [4.78, 5) is 26.7. The number of hydrogen-bond donors (Lipinski definition) is 1. The molecular formula is C21H24N2O4. The van der Waals surface area contributed by atoms with Crippen molar-refractivity contribution >= 4 is 17.5 Å². The maximum atomic E-state index is 12.5. The summed E-state index contributed by atoms with van der Waals surface area (Å²) in [6, 6.07) is 13.3. The molecule has 6 heteroatoms. The first-order chi connectivity index (χ1) is 13.0. The molecule has 0 aliphatic carbocycles. The quantitative estimate of drug-likeness (QED) is 0.851. The van der Waals surface area contributed by atoms with Gasteiger partial charge in [0.25, 0.3) is 0 Å². The Morgan fingerprint density at radius 1 is 1.15 bits per heavy atom. The van der Waals surface area contributed by atoms with Crippen LogP contribution >= 0.6 is 0 Å². The smallest absolute Gasteiger partial charge is 0.227 e. The zero-order valence-corrected chi connectivity index (χ0v) is 15.8. The van der Waals surface area contributed by atoms with Gasteiger partial charge in [-0.25, -0.2) is 0 Å². The first kappa shape index (κ1) is 18.8. The number of rotatable bonds is 6. The molecule has 142 valence electrons. The molecule has 0 saturated carbocycles. The lowest BCUT2D eigenvalue weighted by Gasteiger charge is -2.20. The molecule has 2 amide bonds. The summed E-state index contributed by atoms with van der Waals surface area (Å²) in [6.45, 7) is 2.79. The molecule has 2 aromatic rings. The van der Waals surface area contributed by atoms with Gasteiger partial charge < -0.3 is 19.7 Å². The minimum atomic E-state index is -0.390. The van der Waals surface area contributed by atoms with Gasteiger partial charge in [-0.1, -0.05) is 29.8 Å². The van der Waals surface area contributed by atoms with E-state index >= 15 is 0 Å². The van der Waals surface area contributed by atoms with E-state index in [0.717, 1.165) is 5.56 Å². The largest absolute Gasteiger partial charge is 0.497 e. The fourth-order valence-electron chi connectivity index (χ4n) is 3.16. The molecule has 0 radical (unpaired) electrons. The van der Waals surface area contributed by atoms with E-state index in [1.54, 1.807) is 37.3 Å². The van der Waals surface area contributed by atoms with Gasteiger partial charge in [0.15, 0.2) is 0 Å². The highest BCUT2D eigenvalue weighted by Crippen LogP contribution is 2.36. The molecule has 6 nitrogen and oxygen atoms in total. The van der Waals surface area contributed by atoms with Crippen LogP contribution in [-0.4, -0.2) is 32.6 Å². The lowest BCUT2D eigenvalue weighted by molar-refractivity contribution is -0.126. The molecule has 3 rings (SSSR count). The van der Waals surface area contributed by atoms with Crippen molar-refractivity contribution in [3.8, 4) is 11.5 Å². The number of anilines is 1. The summed E-state index contributed by atoms with van der Waals surface area (Å²) >= 11 is 0. The van der Waals surface area contributed by atoms with Crippen molar-refractivity contribution in [3.05, 3.63) is 53.6 Å². The van der Waals surface area contributed by atoms with E-state index in [2.05, 4.69) is 5.32 Å². The average Bonchev–Trinajstić information content (AvgIpc) is 3.08. The van der Waals surface area contributed by atoms with E-state index in [0.29, 0.717) is 30.3 Å². The number of hydrogen-bond acceptors (Lipinski definition) is 4. The fourth-order valence-corrected chi connectivity index (χ4v) is 3.16. The number of carbonyl (C=O) groups is 2. The van der Waals surface area contributed by atoms with Crippen LogP contribution in [0.1, 0.15) is 17.5 Å². The van der Waals surface area contributed by atoms with Crippen LogP contribution in [-0.2, 0) is 16.1 Å². The molecule has 1 atom stereocenters. The van der Waals surface area contributed by atoms with Gasteiger partial charge in [-0.15, -0.1) is 0 Å². The molecule has 0 bridgehead atoms. The van der Waals surface area contributed by atoms with Gasteiger partial charge >= 0.3 is 0 Å². The van der Waals surface area contributed by atoms with E-state index < -0.39 is 0 Å². The maximum Gasteiger partial charge on any atom is 0.227 e. The Kier molecular flexibility index (Phi) is 5.64. The Balaban J connectivity index is 1.68. The van der Waals surface area contributed by atoms with Crippen LogP contribution in [0.15, 0.2) is 42.5 Å². The van der Waals surface area contributed by atoms with Crippen LogP contribution in [0.4, 0.5) is 5.69 Å². The molecule has 0 aromatic heterocycles. The molecule has 1 saturated heterocycles. The molecular weight excluding hydrogens is 344 g/mol. The van der Waals surface area contributed by atoms with E-state index in [9.17, 15) is 9.59 Å². The number of benzene rings is 2. The SMILES string of the molecule is COc1ccc(OC)c(N2CC(C(=O)NCc3ccc(C)cc3)CC2=O)c1. The van der Waals surface area contributed by atoms with Gasteiger partial charge in [-0.3, -0.25) is 9.59 Å². The Bertz CT molecular complexity index is 833. The van der Waals surface area contributed by atoms with Crippen LogP contribution in [0.25, 0.3) is 0 Å². The zero-order chi connectivity index (χ0) is 19.4. The van der Waals surface area contributed by atoms with Crippen LogP contribution < -0.4 is 19.7 Å². The van der Waals surface area contributed by atoms with Gasteiger partial charge in [0.1, 0.15) is 11.5 Å². The molecule has 1 N–H and O–H groups in total. The molecule has 1 fully saturated rings. The van der Waals surface area contributed by atoms with E-state index in [-0.39, 0.29) is 24.2 Å². The lowest BCUT2D eigenvalue weighted by Crippen LogP contribution is -2.32. The van der Waals surface area contributed by atoms with Crippen molar-refractivity contribution in [2.45, 2.75) is 19.9 Å². The third-order valence-corrected chi connectivity index (χ3v) is 4.76. The van der Waals surface area contributed by atoms with Crippen molar-refractivity contribution in [3.63, 3.8) is 0 Å². The van der Waals surface area contributed by atoms with Crippen molar-refractivity contribution in [1.29, 1.82) is 0 Å². The highest BCUT2D eigenvalue weighted by Gasteiger charge is 2.36. The normalized spacial score (nSPS) is 16.3. The second-order valence-corrected chi connectivity index (χ2v) is 6.65. The summed E-state index contributed by atoms with van der Waals surface area (Å²) in [6.07, 6.45) is 0.181. The average molecular weight is 368 g/mol. The number of nitrogens with one attached hydrogen (secondary N) is 1. The number of nitrogens with zero attached hydrogens (tertiary/aromatic N) is 1. The predicted octanol–water partition coefficient (Wildman–Crippen LogP) is 2.68.